The van der Waals surface area contributed by atoms with Gasteiger partial charge in [0.25, 0.3) is 0 Å². The van der Waals surface area contributed by atoms with Gasteiger partial charge in [0, 0.05) is 0 Å². The van der Waals surface area contributed by atoms with E-state index in [1.807, 2.05) is 6.92 Å². The average molecular weight is 286 g/mol. The monoisotopic (exact) mass is 286 g/mol. The summed E-state index contributed by atoms with van der Waals surface area (Å²) in [5, 5.41) is 10.2. The Bertz CT molecular complexity index is 275. The minimum Gasteiger partial charge on any atom is -0.469 e. The first kappa shape index (κ1) is 19.4. The van der Waals surface area contributed by atoms with E-state index < -0.39 is 12.0 Å². The Hall–Kier alpha value is -0.570. The van der Waals surface area contributed by atoms with Gasteiger partial charge in [0.05, 0.1) is 19.1 Å². The molecule has 1 N–H and O–H groups in total. The van der Waals surface area contributed by atoms with Crippen LogP contribution in [-0.2, 0) is 9.53 Å². The van der Waals surface area contributed by atoms with Gasteiger partial charge in [0.1, 0.15) is 0 Å². The molecule has 0 aromatic heterocycles. The molecule has 0 aliphatic heterocycles. The Morgan fingerprint density at radius 3 is 1.90 bits per heavy atom. The zero-order valence-corrected chi connectivity index (χ0v) is 14.3. The lowest BCUT2D eigenvalue weighted by atomic mass is 9.82. The fourth-order valence-electron chi connectivity index (χ4n) is 3.28. The van der Waals surface area contributed by atoms with Crippen LogP contribution in [0.5, 0.6) is 0 Å². The van der Waals surface area contributed by atoms with Crippen molar-refractivity contribution in [3.63, 3.8) is 0 Å². The summed E-state index contributed by atoms with van der Waals surface area (Å²) in [5.74, 6) is 1.36. The predicted octanol–water partition coefficient (Wildman–Crippen LogP) is 3.89. The number of methoxy groups -OCH3 is 1. The third kappa shape index (κ3) is 7.28. The van der Waals surface area contributed by atoms with Crippen LogP contribution in [0.15, 0.2) is 0 Å². The maximum atomic E-state index is 11.5. The van der Waals surface area contributed by atoms with Crippen molar-refractivity contribution in [1.82, 2.24) is 0 Å². The number of carbonyl (C=O) groups excluding carboxylic acids is 1. The normalized spacial score (nSPS) is 19.2. The fourth-order valence-corrected chi connectivity index (χ4v) is 3.28. The predicted molar refractivity (Wildman–Crippen MR) is 83.4 cm³/mol. The number of esters is 1. The molecule has 0 amide bonds. The van der Waals surface area contributed by atoms with Crippen LogP contribution in [0.25, 0.3) is 0 Å². The maximum absolute atomic E-state index is 11.5. The minimum absolute atomic E-state index is 0.116. The zero-order valence-electron chi connectivity index (χ0n) is 14.3. The Morgan fingerprint density at radius 2 is 1.45 bits per heavy atom. The van der Waals surface area contributed by atoms with Gasteiger partial charge in [0.15, 0.2) is 0 Å². The van der Waals surface area contributed by atoms with Crippen molar-refractivity contribution in [1.29, 1.82) is 0 Å². The average Bonchev–Trinajstić information content (AvgIpc) is 2.34. The molecule has 0 heterocycles. The molecule has 0 saturated carbocycles. The molecule has 5 atom stereocenters. The van der Waals surface area contributed by atoms with Gasteiger partial charge in [-0.05, 0) is 49.9 Å². The second kappa shape index (κ2) is 9.38. The first-order chi connectivity index (χ1) is 9.18. The molecule has 0 aromatic carbocycles. The van der Waals surface area contributed by atoms with Gasteiger partial charge >= 0.3 is 5.97 Å². The van der Waals surface area contributed by atoms with E-state index in [1.54, 1.807) is 6.92 Å². The van der Waals surface area contributed by atoms with Gasteiger partial charge in [-0.2, -0.15) is 0 Å². The molecule has 3 nitrogen and oxygen atoms in total. The molecule has 0 aliphatic rings. The smallest absolute Gasteiger partial charge is 0.311 e. The number of ether oxygens (including phenoxy) is 1. The van der Waals surface area contributed by atoms with Crippen molar-refractivity contribution in [3.05, 3.63) is 0 Å². The summed E-state index contributed by atoms with van der Waals surface area (Å²) >= 11 is 0. The Morgan fingerprint density at radius 1 is 0.950 bits per heavy atom. The van der Waals surface area contributed by atoms with Crippen LogP contribution in [0.3, 0.4) is 0 Å². The standard InChI is InChI=1S/C17H34O3/c1-11(2)8-12(3)9-13(4)10-14(5)16(18)15(6)17(19)20-7/h11-16,18H,8-10H2,1-7H3/t12?,13?,14?,15-,16-/m1/s1. The topological polar surface area (TPSA) is 46.5 Å². The zero-order chi connectivity index (χ0) is 15.9. The lowest BCUT2D eigenvalue weighted by molar-refractivity contribution is -0.150. The van der Waals surface area contributed by atoms with Crippen molar-refractivity contribution in [2.24, 2.45) is 29.6 Å². The lowest BCUT2D eigenvalue weighted by Gasteiger charge is -2.27. The quantitative estimate of drug-likeness (QED) is 0.654. The minimum atomic E-state index is -0.620. The highest BCUT2D eigenvalue weighted by atomic mass is 16.5. The number of carbonyl (C=O) groups is 1. The molecule has 3 unspecified atom stereocenters. The molecule has 120 valence electrons. The van der Waals surface area contributed by atoms with Gasteiger partial charge in [-0.15, -0.1) is 0 Å². The molecule has 0 rings (SSSR count). The first-order valence-electron chi connectivity index (χ1n) is 7.94. The highest BCUT2D eigenvalue weighted by Crippen LogP contribution is 2.27. The van der Waals surface area contributed by atoms with Gasteiger partial charge in [-0.1, -0.05) is 34.6 Å². The van der Waals surface area contributed by atoms with Gasteiger partial charge in [0.2, 0.25) is 0 Å². The number of aliphatic hydroxyl groups excluding tert-OH is 1. The molecule has 0 spiro atoms. The van der Waals surface area contributed by atoms with Gasteiger partial charge in [-0.3, -0.25) is 4.79 Å². The summed E-state index contributed by atoms with van der Waals surface area (Å²) < 4.78 is 4.70. The second-order valence-electron chi connectivity index (χ2n) is 7.09. The van der Waals surface area contributed by atoms with Crippen LogP contribution < -0.4 is 0 Å². The molecule has 20 heavy (non-hydrogen) atoms. The summed E-state index contributed by atoms with van der Waals surface area (Å²) in [5.41, 5.74) is 0. The molecule has 0 aromatic rings. The highest BCUT2D eigenvalue weighted by Gasteiger charge is 2.28. The van der Waals surface area contributed by atoms with Crippen LogP contribution in [0.2, 0.25) is 0 Å². The molecule has 0 fully saturated rings. The van der Waals surface area contributed by atoms with E-state index in [0.717, 1.165) is 12.3 Å². The Kier molecular flexibility index (Phi) is 9.11. The van der Waals surface area contributed by atoms with E-state index >= 15 is 0 Å². The van der Waals surface area contributed by atoms with Crippen molar-refractivity contribution in [3.8, 4) is 0 Å². The van der Waals surface area contributed by atoms with E-state index in [4.69, 9.17) is 4.74 Å². The largest absolute Gasteiger partial charge is 0.469 e. The molecule has 3 heteroatoms. The van der Waals surface area contributed by atoms with Crippen molar-refractivity contribution in [2.75, 3.05) is 7.11 Å². The molecule has 0 saturated heterocycles. The summed E-state index contributed by atoms with van der Waals surface area (Å²) in [4.78, 5) is 11.5. The van der Waals surface area contributed by atoms with Crippen LogP contribution in [0, 0.1) is 29.6 Å². The Balaban J connectivity index is 4.24. The second-order valence-corrected chi connectivity index (χ2v) is 7.09. The van der Waals surface area contributed by atoms with Crippen molar-refractivity contribution in [2.45, 2.75) is 66.9 Å². The van der Waals surface area contributed by atoms with E-state index in [2.05, 4.69) is 27.7 Å². The van der Waals surface area contributed by atoms with Crippen LogP contribution in [-0.4, -0.2) is 24.3 Å². The fraction of sp³-hybridized carbons (Fsp3) is 0.941. The lowest BCUT2D eigenvalue weighted by Crippen LogP contribution is -2.33. The molecule has 0 bridgehead atoms. The highest BCUT2D eigenvalue weighted by molar-refractivity contribution is 5.72. The summed E-state index contributed by atoms with van der Waals surface area (Å²) in [6.45, 7) is 12.8. The van der Waals surface area contributed by atoms with Gasteiger partial charge < -0.3 is 9.84 Å². The van der Waals surface area contributed by atoms with E-state index in [0.29, 0.717) is 11.8 Å². The van der Waals surface area contributed by atoms with Crippen LogP contribution in [0.4, 0.5) is 0 Å². The number of hydrogen-bond donors (Lipinski definition) is 1. The maximum Gasteiger partial charge on any atom is 0.311 e. The summed E-state index contributed by atoms with van der Waals surface area (Å²) in [7, 11) is 1.37. The van der Waals surface area contributed by atoms with E-state index in [1.165, 1.54) is 20.0 Å². The third-order valence-corrected chi connectivity index (χ3v) is 4.12. The SMILES string of the molecule is COC(=O)[C@H](C)[C@H](O)C(C)CC(C)CC(C)CC(C)C. The van der Waals surface area contributed by atoms with E-state index in [-0.39, 0.29) is 11.9 Å². The summed E-state index contributed by atoms with van der Waals surface area (Å²) in [6, 6.07) is 0. The van der Waals surface area contributed by atoms with Gasteiger partial charge in [-0.25, -0.2) is 0 Å². The number of aliphatic hydroxyl groups is 1. The first-order valence-corrected chi connectivity index (χ1v) is 7.94. The molecular weight excluding hydrogens is 252 g/mol. The number of hydrogen-bond acceptors (Lipinski definition) is 3. The third-order valence-electron chi connectivity index (χ3n) is 4.12. The van der Waals surface area contributed by atoms with Crippen molar-refractivity contribution >= 4 is 5.97 Å². The van der Waals surface area contributed by atoms with Crippen LogP contribution >= 0.6 is 0 Å². The molecule has 0 aliphatic carbocycles. The van der Waals surface area contributed by atoms with Crippen LogP contribution in [0.1, 0.15) is 60.8 Å². The summed E-state index contributed by atoms with van der Waals surface area (Å²) in [6.07, 6.45) is 2.76. The van der Waals surface area contributed by atoms with E-state index in [9.17, 15) is 9.90 Å². The molecular formula is C17H34O3. The number of rotatable bonds is 9. The van der Waals surface area contributed by atoms with Crippen molar-refractivity contribution < 1.29 is 14.6 Å². The molecule has 0 radical (unpaired) electrons. The Labute approximate surface area is 125 Å².